The van der Waals surface area contributed by atoms with Crippen molar-refractivity contribution in [2.24, 2.45) is 11.8 Å². The fourth-order valence-corrected chi connectivity index (χ4v) is 5.17. The van der Waals surface area contributed by atoms with E-state index in [0.29, 0.717) is 12.8 Å². The van der Waals surface area contributed by atoms with Gasteiger partial charge in [0, 0.05) is 43.8 Å². The van der Waals surface area contributed by atoms with Crippen LogP contribution in [-0.4, -0.2) is 87.6 Å². The zero-order chi connectivity index (χ0) is 25.7. The molecule has 0 aromatic heterocycles. The van der Waals surface area contributed by atoms with Crippen LogP contribution in [0.2, 0.25) is 0 Å². The Hall–Kier alpha value is -1.18. The number of likely N-dealkylation sites (tertiary alicyclic amines) is 2. The zero-order valence-corrected chi connectivity index (χ0v) is 23.5. The first-order valence-corrected chi connectivity index (χ1v) is 14.7. The Labute approximate surface area is 221 Å². The number of piperidine rings is 2. The maximum atomic E-state index is 12.1. The third-order valence-electron chi connectivity index (χ3n) is 7.51. The molecule has 2 heterocycles. The summed E-state index contributed by atoms with van der Waals surface area (Å²) in [5.41, 5.74) is 0. The molecule has 0 atom stereocenters. The van der Waals surface area contributed by atoms with E-state index in [1.54, 1.807) is 7.05 Å². The first-order valence-electron chi connectivity index (χ1n) is 14.7. The molecule has 0 bridgehead atoms. The van der Waals surface area contributed by atoms with Crippen molar-refractivity contribution in [2.75, 3.05) is 66.0 Å². The zero-order valence-electron chi connectivity index (χ0n) is 23.5. The van der Waals surface area contributed by atoms with E-state index in [2.05, 4.69) is 32.7 Å². The van der Waals surface area contributed by atoms with Gasteiger partial charge in [0.15, 0.2) is 0 Å². The van der Waals surface area contributed by atoms with Gasteiger partial charge in [0.25, 0.3) is 0 Å². The average molecular weight is 502 g/mol. The van der Waals surface area contributed by atoms with E-state index in [0.717, 1.165) is 83.6 Å². The van der Waals surface area contributed by atoms with Crippen LogP contribution in [0.5, 0.6) is 0 Å². The summed E-state index contributed by atoms with van der Waals surface area (Å²) in [6, 6.07) is 0. The van der Waals surface area contributed by atoms with Gasteiger partial charge in [-0.3, -0.25) is 9.59 Å². The topological polar surface area (TPSA) is 76.7 Å². The van der Waals surface area contributed by atoms with E-state index in [9.17, 15) is 9.59 Å². The SMILES string of the molecule is CC.CCCNCCCNC(=O)CCN1CCC(CCCC2CCN(CCC(=O)NC)CC2)CC1.[HH].[HH].[HH]. The van der Waals surface area contributed by atoms with Crippen LogP contribution in [0.15, 0.2) is 0 Å². The van der Waals surface area contributed by atoms with E-state index in [-0.39, 0.29) is 16.1 Å². The Morgan fingerprint density at radius 3 is 1.77 bits per heavy atom. The van der Waals surface area contributed by atoms with Crippen LogP contribution in [0.3, 0.4) is 0 Å². The second-order valence-corrected chi connectivity index (χ2v) is 10.1. The number of carbonyl (C=O) groups excluding carboxylic acids is 2. The highest BCUT2D eigenvalue weighted by atomic mass is 16.2. The summed E-state index contributed by atoms with van der Waals surface area (Å²) in [5, 5.41) is 9.14. The van der Waals surface area contributed by atoms with Gasteiger partial charge in [0.2, 0.25) is 11.8 Å². The van der Waals surface area contributed by atoms with Gasteiger partial charge in [0.1, 0.15) is 0 Å². The Morgan fingerprint density at radius 1 is 0.771 bits per heavy atom. The normalized spacial score (nSPS) is 18.1. The largest absolute Gasteiger partial charge is 0.359 e. The van der Waals surface area contributed by atoms with Crippen LogP contribution in [-0.2, 0) is 9.59 Å². The molecule has 7 heteroatoms. The van der Waals surface area contributed by atoms with E-state index < -0.39 is 0 Å². The molecular formula is C28H63N5O2. The molecule has 2 fully saturated rings. The van der Waals surface area contributed by atoms with Crippen molar-refractivity contribution in [3.05, 3.63) is 0 Å². The summed E-state index contributed by atoms with van der Waals surface area (Å²) in [5.74, 6) is 2.10. The van der Waals surface area contributed by atoms with Crippen LogP contribution in [0.4, 0.5) is 0 Å². The van der Waals surface area contributed by atoms with Crippen LogP contribution >= 0.6 is 0 Å². The van der Waals surface area contributed by atoms with Gasteiger partial charge in [-0.2, -0.15) is 0 Å². The summed E-state index contributed by atoms with van der Waals surface area (Å²) in [6.45, 7) is 15.4. The minimum absolute atomic E-state index is 0. The lowest BCUT2D eigenvalue weighted by Crippen LogP contribution is -2.37. The lowest BCUT2D eigenvalue weighted by Gasteiger charge is -2.33. The highest BCUT2D eigenvalue weighted by Gasteiger charge is 2.22. The molecule has 0 unspecified atom stereocenters. The number of rotatable bonds is 16. The second-order valence-electron chi connectivity index (χ2n) is 10.1. The van der Waals surface area contributed by atoms with Crippen molar-refractivity contribution >= 4 is 11.8 Å². The van der Waals surface area contributed by atoms with Crippen molar-refractivity contribution < 1.29 is 13.9 Å². The summed E-state index contributed by atoms with van der Waals surface area (Å²) < 4.78 is 0. The van der Waals surface area contributed by atoms with E-state index >= 15 is 0 Å². The maximum absolute atomic E-state index is 12.1. The number of nitrogens with one attached hydrogen (secondary N) is 3. The lowest BCUT2D eigenvalue weighted by molar-refractivity contribution is -0.122. The minimum Gasteiger partial charge on any atom is -0.359 e. The van der Waals surface area contributed by atoms with Crippen LogP contribution in [0, 0.1) is 11.8 Å². The number of hydrogen-bond donors (Lipinski definition) is 3. The molecule has 0 radical (unpaired) electrons. The monoisotopic (exact) mass is 501 g/mol. The van der Waals surface area contributed by atoms with Crippen molar-refractivity contribution in [3.8, 4) is 0 Å². The van der Waals surface area contributed by atoms with E-state index in [1.807, 2.05) is 13.8 Å². The molecule has 0 aliphatic carbocycles. The van der Waals surface area contributed by atoms with Gasteiger partial charge in [0.05, 0.1) is 0 Å². The molecule has 3 N–H and O–H groups in total. The highest BCUT2D eigenvalue weighted by molar-refractivity contribution is 5.76. The number of carbonyl (C=O) groups is 2. The predicted molar refractivity (Wildman–Crippen MR) is 154 cm³/mol. The predicted octanol–water partition coefficient (Wildman–Crippen LogP) is 4.38. The lowest BCUT2D eigenvalue weighted by atomic mass is 9.87. The molecule has 7 nitrogen and oxygen atoms in total. The molecule has 2 saturated heterocycles. The molecule has 2 rings (SSSR count). The smallest absolute Gasteiger partial charge is 0.221 e. The second kappa shape index (κ2) is 21.0. The van der Waals surface area contributed by atoms with Gasteiger partial charge in [-0.1, -0.05) is 40.0 Å². The first kappa shape index (κ1) is 31.8. The van der Waals surface area contributed by atoms with E-state index in [4.69, 9.17) is 0 Å². The summed E-state index contributed by atoms with van der Waals surface area (Å²) >= 11 is 0. The Morgan fingerprint density at radius 2 is 1.29 bits per heavy atom. The van der Waals surface area contributed by atoms with Crippen LogP contribution in [0.1, 0.15) is 95.7 Å². The molecule has 2 aliphatic heterocycles. The van der Waals surface area contributed by atoms with Crippen molar-refractivity contribution in [1.82, 2.24) is 25.8 Å². The third kappa shape index (κ3) is 15.5. The van der Waals surface area contributed by atoms with Crippen molar-refractivity contribution in [3.63, 3.8) is 0 Å². The quantitative estimate of drug-likeness (QED) is 0.274. The minimum atomic E-state index is 0. The van der Waals surface area contributed by atoms with Gasteiger partial charge in [-0.05, 0) is 89.6 Å². The molecule has 2 amide bonds. The molecule has 2 aliphatic rings. The standard InChI is InChI=1S/C26H51N5O2.C2H6.3H2/c1-3-14-28-15-5-16-29-26(33)13-22-31-19-10-24(11-20-31)7-4-6-23-8-17-30(18-9-23)21-12-25(32)27-2;1-2;;;/h23-24,28H,3-22H2,1-2H3,(H,27,32)(H,29,33);1-2H3;3*1H. The molecular weight excluding hydrogens is 438 g/mol. The molecule has 0 spiro atoms. The first-order chi connectivity index (χ1) is 17.1. The van der Waals surface area contributed by atoms with Gasteiger partial charge >= 0.3 is 0 Å². The Kier molecular flexibility index (Phi) is 19.1. The third-order valence-corrected chi connectivity index (χ3v) is 7.51. The van der Waals surface area contributed by atoms with Crippen LogP contribution < -0.4 is 16.0 Å². The maximum Gasteiger partial charge on any atom is 0.221 e. The molecule has 212 valence electrons. The Balaban J connectivity index is -0.00000239. The highest BCUT2D eigenvalue weighted by Crippen LogP contribution is 2.27. The fourth-order valence-electron chi connectivity index (χ4n) is 5.17. The van der Waals surface area contributed by atoms with Gasteiger partial charge in [-0.25, -0.2) is 0 Å². The van der Waals surface area contributed by atoms with Gasteiger partial charge < -0.3 is 25.8 Å². The molecule has 0 aromatic rings. The Bertz CT molecular complexity index is 545. The fraction of sp³-hybridized carbons (Fsp3) is 0.929. The molecule has 0 saturated carbocycles. The van der Waals surface area contributed by atoms with Crippen molar-refractivity contribution in [2.45, 2.75) is 91.4 Å². The molecule has 0 aromatic carbocycles. The van der Waals surface area contributed by atoms with E-state index in [1.165, 1.54) is 44.9 Å². The summed E-state index contributed by atoms with van der Waals surface area (Å²) in [7, 11) is 1.72. The number of hydrogen-bond acceptors (Lipinski definition) is 5. The molecule has 35 heavy (non-hydrogen) atoms. The van der Waals surface area contributed by atoms with Crippen LogP contribution in [0.25, 0.3) is 0 Å². The van der Waals surface area contributed by atoms with Crippen molar-refractivity contribution in [1.29, 1.82) is 0 Å². The number of amides is 2. The summed E-state index contributed by atoms with van der Waals surface area (Å²) in [4.78, 5) is 28.4. The average Bonchev–Trinajstić information content (AvgIpc) is 2.90. The van der Waals surface area contributed by atoms with Gasteiger partial charge in [-0.15, -0.1) is 0 Å². The summed E-state index contributed by atoms with van der Waals surface area (Å²) in [6.07, 6.45) is 12.7. The number of nitrogens with zero attached hydrogens (tertiary/aromatic N) is 2.